The fraction of sp³-hybridized carbons (Fsp3) is 0. The highest BCUT2D eigenvalue weighted by molar-refractivity contribution is 9.10. The Labute approximate surface area is 111 Å². The summed E-state index contributed by atoms with van der Waals surface area (Å²) in [5.74, 6) is 0.284. The zero-order chi connectivity index (χ0) is 11.8. The second-order valence-electron chi connectivity index (χ2n) is 3.85. The summed E-state index contributed by atoms with van der Waals surface area (Å²) in [5.41, 5.74) is 1.04. The molecule has 17 heavy (non-hydrogen) atoms. The molecule has 0 atom stereocenters. The summed E-state index contributed by atoms with van der Waals surface area (Å²) in [6, 6.07) is 15.9. The first kappa shape index (κ1) is 10.8. The van der Waals surface area contributed by atoms with Crippen molar-refractivity contribution in [2.45, 2.75) is 0 Å². The summed E-state index contributed by atoms with van der Waals surface area (Å²) in [6.07, 6.45) is 0. The van der Waals surface area contributed by atoms with Gasteiger partial charge in [0.2, 0.25) is 0 Å². The molecule has 0 radical (unpaired) electrons. The van der Waals surface area contributed by atoms with Crippen molar-refractivity contribution >= 4 is 37.4 Å². The van der Waals surface area contributed by atoms with Crippen LogP contribution in [0, 0.1) is 0 Å². The molecule has 1 aromatic heterocycles. The molecule has 0 aliphatic carbocycles. The number of benzene rings is 2. The number of hydrogen-bond donors (Lipinski definition) is 1. The summed E-state index contributed by atoms with van der Waals surface area (Å²) in [4.78, 5) is 1.17. The van der Waals surface area contributed by atoms with E-state index >= 15 is 0 Å². The lowest BCUT2D eigenvalue weighted by atomic mass is 10.1. The van der Waals surface area contributed by atoms with Crippen molar-refractivity contribution < 1.29 is 5.11 Å². The van der Waals surface area contributed by atoms with Gasteiger partial charge in [0, 0.05) is 14.0 Å². The first-order valence-corrected chi connectivity index (χ1v) is 6.82. The van der Waals surface area contributed by atoms with Crippen molar-refractivity contribution in [3.05, 3.63) is 53.0 Å². The van der Waals surface area contributed by atoms with Crippen LogP contribution in [0.1, 0.15) is 0 Å². The van der Waals surface area contributed by atoms with Gasteiger partial charge in [-0.1, -0.05) is 34.1 Å². The van der Waals surface area contributed by atoms with E-state index in [0.717, 1.165) is 10.0 Å². The number of rotatable bonds is 1. The summed E-state index contributed by atoms with van der Waals surface area (Å²) in [5, 5.41) is 10.8. The second kappa shape index (κ2) is 4.17. The minimum absolute atomic E-state index is 0.284. The molecule has 0 unspecified atom stereocenters. The standard InChI is InChI=1S/C14H9BrOS/c15-11-5-10(6-12(16)8-11)14-7-9-3-1-2-4-13(9)17-14/h1-8,16H. The first-order chi connectivity index (χ1) is 8.22. The average Bonchev–Trinajstić information content (AvgIpc) is 2.71. The topological polar surface area (TPSA) is 20.2 Å². The van der Waals surface area contributed by atoms with E-state index in [1.54, 1.807) is 23.5 Å². The maximum Gasteiger partial charge on any atom is 0.117 e. The lowest BCUT2D eigenvalue weighted by Gasteiger charge is -1.99. The fourth-order valence-electron chi connectivity index (χ4n) is 1.84. The van der Waals surface area contributed by atoms with Crippen molar-refractivity contribution in [1.82, 2.24) is 0 Å². The maximum atomic E-state index is 9.60. The Bertz CT molecular complexity index is 634. The zero-order valence-corrected chi connectivity index (χ0v) is 11.3. The molecule has 84 valence electrons. The molecule has 0 aliphatic heterocycles. The Morgan fingerprint density at radius 2 is 1.82 bits per heavy atom. The number of thiophene rings is 1. The van der Waals surface area contributed by atoms with Crippen molar-refractivity contribution in [3.63, 3.8) is 0 Å². The molecular weight excluding hydrogens is 296 g/mol. The molecule has 3 aromatic rings. The molecule has 0 spiro atoms. The van der Waals surface area contributed by atoms with Gasteiger partial charge in [0.25, 0.3) is 0 Å². The molecule has 0 amide bonds. The number of fused-ring (bicyclic) bond motifs is 1. The van der Waals surface area contributed by atoms with E-state index in [9.17, 15) is 5.11 Å². The molecule has 0 bridgehead atoms. The zero-order valence-electron chi connectivity index (χ0n) is 8.85. The fourth-order valence-corrected chi connectivity index (χ4v) is 3.37. The lowest BCUT2D eigenvalue weighted by molar-refractivity contribution is 0.475. The first-order valence-electron chi connectivity index (χ1n) is 5.21. The minimum atomic E-state index is 0.284. The number of phenolic OH excluding ortho intramolecular Hbond substituents is 1. The van der Waals surface area contributed by atoms with Gasteiger partial charge in [-0.05, 0) is 41.3 Å². The average molecular weight is 305 g/mol. The third-order valence-electron chi connectivity index (χ3n) is 2.59. The normalized spacial score (nSPS) is 10.9. The van der Waals surface area contributed by atoms with Crippen molar-refractivity contribution in [1.29, 1.82) is 0 Å². The molecule has 1 N–H and O–H groups in total. The highest BCUT2D eigenvalue weighted by Crippen LogP contribution is 2.36. The molecule has 1 heterocycles. The summed E-state index contributed by atoms with van der Waals surface area (Å²) < 4.78 is 2.16. The van der Waals surface area contributed by atoms with Gasteiger partial charge in [-0.15, -0.1) is 11.3 Å². The predicted molar refractivity (Wildman–Crippen MR) is 76.6 cm³/mol. The van der Waals surface area contributed by atoms with Gasteiger partial charge in [-0.2, -0.15) is 0 Å². The van der Waals surface area contributed by atoms with E-state index in [4.69, 9.17) is 0 Å². The molecule has 3 heteroatoms. The second-order valence-corrected chi connectivity index (χ2v) is 5.85. The van der Waals surface area contributed by atoms with Gasteiger partial charge >= 0.3 is 0 Å². The Hall–Kier alpha value is -1.32. The third kappa shape index (κ3) is 2.08. The van der Waals surface area contributed by atoms with E-state index in [1.807, 2.05) is 18.2 Å². The van der Waals surface area contributed by atoms with E-state index in [1.165, 1.54) is 15.0 Å². The molecule has 1 nitrogen and oxygen atoms in total. The van der Waals surface area contributed by atoms with Crippen LogP contribution in [0.5, 0.6) is 5.75 Å². The quantitative estimate of drug-likeness (QED) is 0.668. The van der Waals surface area contributed by atoms with Crippen LogP contribution in [0.3, 0.4) is 0 Å². The van der Waals surface area contributed by atoms with Crippen LogP contribution in [0.4, 0.5) is 0 Å². The van der Waals surface area contributed by atoms with Crippen LogP contribution in [0.2, 0.25) is 0 Å². The van der Waals surface area contributed by atoms with Crippen LogP contribution >= 0.6 is 27.3 Å². The molecule has 2 aromatic carbocycles. The summed E-state index contributed by atoms with van der Waals surface area (Å²) in [6.45, 7) is 0. The van der Waals surface area contributed by atoms with E-state index < -0.39 is 0 Å². The maximum absolute atomic E-state index is 9.60. The van der Waals surface area contributed by atoms with E-state index in [-0.39, 0.29) is 5.75 Å². The Morgan fingerprint density at radius 3 is 2.59 bits per heavy atom. The van der Waals surface area contributed by atoms with Crippen molar-refractivity contribution in [3.8, 4) is 16.2 Å². The minimum Gasteiger partial charge on any atom is -0.508 e. The van der Waals surface area contributed by atoms with Gasteiger partial charge < -0.3 is 5.11 Å². The van der Waals surface area contributed by atoms with Crippen LogP contribution < -0.4 is 0 Å². The molecule has 3 rings (SSSR count). The molecule has 0 saturated heterocycles. The van der Waals surface area contributed by atoms with Gasteiger partial charge in [-0.25, -0.2) is 0 Å². The van der Waals surface area contributed by atoms with E-state index in [0.29, 0.717) is 0 Å². The summed E-state index contributed by atoms with van der Waals surface area (Å²) in [7, 11) is 0. The number of phenols is 1. The number of hydrogen-bond acceptors (Lipinski definition) is 2. The molecule has 0 fully saturated rings. The monoisotopic (exact) mass is 304 g/mol. The van der Waals surface area contributed by atoms with Crippen LogP contribution in [0.25, 0.3) is 20.5 Å². The molecule has 0 aliphatic rings. The molecule has 0 saturated carbocycles. The van der Waals surface area contributed by atoms with Gasteiger partial charge in [0.05, 0.1) is 0 Å². The number of aromatic hydroxyl groups is 1. The third-order valence-corrected chi connectivity index (χ3v) is 4.22. The Kier molecular flexibility index (Phi) is 2.65. The van der Waals surface area contributed by atoms with Crippen LogP contribution in [0.15, 0.2) is 53.0 Å². The molecular formula is C14H9BrOS. The van der Waals surface area contributed by atoms with E-state index in [2.05, 4.69) is 34.1 Å². The van der Waals surface area contributed by atoms with Crippen LogP contribution in [-0.4, -0.2) is 5.11 Å². The van der Waals surface area contributed by atoms with Gasteiger partial charge in [0.1, 0.15) is 5.75 Å². The summed E-state index contributed by atoms with van der Waals surface area (Å²) >= 11 is 5.13. The number of halogens is 1. The Balaban J connectivity index is 2.20. The highest BCUT2D eigenvalue weighted by Gasteiger charge is 2.05. The largest absolute Gasteiger partial charge is 0.508 e. The SMILES string of the molecule is Oc1cc(Br)cc(-c2cc3ccccc3s2)c1. The highest BCUT2D eigenvalue weighted by atomic mass is 79.9. The van der Waals surface area contributed by atoms with Crippen molar-refractivity contribution in [2.24, 2.45) is 0 Å². The van der Waals surface area contributed by atoms with Crippen LogP contribution in [-0.2, 0) is 0 Å². The smallest absolute Gasteiger partial charge is 0.117 e. The van der Waals surface area contributed by atoms with Crippen molar-refractivity contribution in [2.75, 3.05) is 0 Å². The van der Waals surface area contributed by atoms with Gasteiger partial charge in [-0.3, -0.25) is 0 Å². The van der Waals surface area contributed by atoms with Gasteiger partial charge in [0.15, 0.2) is 0 Å². The lowest BCUT2D eigenvalue weighted by Crippen LogP contribution is -1.73. The predicted octanol–water partition coefficient (Wildman–Crippen LogP) is 5.04. The Morgan fingerprint density at radius 1 is 1.00 bits per heavy atom.